The highest BCUT2D eigenvalue weighted by Crippen LogP contribution is 2.23. The smallest absolute Gasteiger partial charge is 0.353 e. The number of benzene rings is 1. The second-order valence-corrected chi connectivity index (χ2v) is 3.59. The topological polar surface area (TPSA) is 103 Å². The van der Waals surface area contributed by atoms with Crippen molar-refractivity contribution in [2.75, 3.05) is 0 Å². The molecule has 8 heteroatoms. The Bertz CT molecular complexity index is 658. The van der Waals surface area contributed by atoms with Gasteiger partial charge in [-0.25, -0.2) is 18.4 Å². The SMILES string of the molecule is O=C(O)c1cc(-c2cc(F)c(C(=O)O)c(F)c2)n[nH]1. The van der Waals surface area contributed by atoms with Gasteiger partial charge in [0.25, 0.3) is 0 Å². The van der Waals surface area contributed by atoms with E-state index in [-0.39, 0.29) is 17.0 Å². The number of carbonyl (C=O) groups is 2. The van der Waals surface area contributed by atoms with Gasteiger partial charge < -0.3 is 10.2 Å². The van der Waals surface area contributed by atoms with Gasteiger partial charge in [0.05, 0.1) is 5.69 Å². The summed E-state index contributed by atoms with van der Waals surface area (Å²) in [7, 11) is 0. The number of nitrogens with zero attached hydrogens (tertiary/aromatic N) is 1. The van der Waals surface area contributed by atoms with Gasteiger partial charge >= 0.3 is 11.9 Å². The van der Waals surface area contributed by atoms with Crippen molar-refractivity contribution in [1.82, 2.24) is 10.2 Å². The maximum absolute atomic E-state index is 13.4. The lowest BCUT2D eigenvalue weighted by atomic mass is 10.1. The molecule has 0 aliphatic rings. The van der Waals surface area contributed by atoms with Crippen molar-refractivity contribution in [2.24, 2.45) is 0 Å². The highest BCUT2D eigenvalue weighted by Gasteiger charge is 2.19. The Morgan fingerprint density at radius 2 is 1.63 bits per heavy atom. The van der Waals surface area contributed by atoms with Gasteiger partial charge in [0.2, 0.25) is 0 Å². The first kappa shape index (κ1) is 12.7. The Hall–Kier alpha value is -2.77. The predicted octanol–water partition coefficient (Wildman–Crippen LogP) is 1.75. The molecular weight excluding hydrogens is 262 g/mol. The lowest BCUT2D eigenvalue weighted by Gasteiger charge is -2.02. The van der Waals surface area contributed by atoms with Crippen LogP contribution in [0.25, 0.3) is 11.3 Å². The molecule has 0 bridgehead atoms. The van der Waals surface area contributed by atoms with E-state index in [1.165, 1.54) is 0 Å². The Morgan fingerprint density at radius 3 is 2.05 bits per heavy atom. The molecule has 0 spiro atoms. The summed E-state index contributed by atoms with van der Waals surface area (Å²) in [4.78, 5) is 21.2. The van der Waals surface area contributed by atoms with Crippen LogP contribution in [-0.2, 0) is 0 Å². The summed E-state index contributed by atoms with van der Waals surface area (Å²) in [5.41, 5.74) is -1.40. The summed E-state index contributed by atoms with van der Waals surface area (Å²) in [6, 6.07) is 2.62. The van der Waals surface area contributed by atoms with E-state index >= 15 is 0 Å². The van der Waals surface area contributed by atoms with Crippen LogP contribution in [-0.4, -0.2) is 32.3 Å². The third-order valence-electron chi connectivity index (χ3n) is 2.36. The fourth-order valence-electron chi connectivity index (χ4n) is 1.50. The van der Waals surface area contributed by atoms with Crippen molar-refractivity contribution in [3.05, 3.63) is 41.1 Å². The van der Waals surface area contributed by atoms with E-state index < -0.39 is 29.1 Å². The van der Waals surface area contributed by atoms with E-state index in [1.54, 1.807) is 0 Å². The number of carboxylic acids is 2. The number of halogens is 2. The van der Waals surface area contributed by atoms with Crippen LogP contribution in [0.5, 0.6) is 0 Å². The summed E-state index contributed by atoms with van der Waals surface area (Å²) in [6.07, 6.45) is 0. The van der Waals surface area contributed by atoms with Crippen molar-refractivity contribution in [2.45, 2.75) is 0 Å². The molecule has 6 nitrogen and oxygen atoms in total. The first-order chi connectivity index (χ1) is 8.90. The predicted molar refractivity (Wildman–Crippen MR) is 57.9 cm³/mol. The molecule has 1 aromatic carbocycles. The van der Waals surface area contributed by atoms with Crippen LogP contribution >= 0.6 is 0 Å². The van der Waals surface area contributed by atoms with Gasteiger partial charge in [0.15, 0.2) is 0 Å². The summed E-state index contributed by atoms with van der Waals surface area (Å²) in [5.74, 6) is -5.53. The number of H-pyrrole nitrogens is 1. The molecule has 0 fully saturated rings. The van der Waals surface area contributed by atoms with Crippen LogP contribution < -0.4 is 0 Å². The molecule has 1 heterocycles. The van der Waals surface area contributed by atoms with Crippen molar-refractivity contribution in [3.8, 4) is 11.3 Å². The normalized spacial score (nSPS) is 10.4. The van der Waals surface area contributed by atoms with Crippen LogP contribution in [0.3, 0.4) is 0 Å². The van der Waals surface area contributed by atoms with E-state index in [1.807, 2.05) is 0 Å². The number of nitrogens with one attached hydrogen (secondary N) is 1. The molecule has 0 radical (unpaired) electrons. The van der Waals surface area contributed by atoms with Crippen LogP contribution in [0, 0.1) is 11.6 Å². The minimum Gasteiger partial charge on any atom is -0.477 e. The van der Waals surface area contributed by atoms with E-state index in [4.69, 9.17) is 10.2 Å². The molecule has 0 aliphatic carbocycles. The Labute approximate surface area is 104 Å². The first-order valence-electron chi connectivity index (χ1n) is 4.91. The van der Waals surface area contributed by atoms with E-state index in [9.17, 15) is 18.4 Å². The van der Waals surface area contributed by atoms with E-state index in [0.29, 0.717) is 0 Å². The second-order valence-electron chi connectivity index (χ2n) is 3.59. The molecule has 0 atom stereocenters. The third kappa shape index (κ3) is 2.28. The summed E-state index contributed by atoms with van der Waals surface area (Å²) < 4.78 is 26.9. The average Bonchev–Trinajstić information content (AvgIpc) is 2.76. The van der Waals surface area contributed by atoms with Crippen molar-refractivity contribution in [3.63, 3.8) is 0 Å². The highest BCUT2D eigenvalue weighted by molar-refractivity contribution is 5.89. The zero-order valence-corrected chi connectivity index (χ0v) is 9.15. The maximum atomic E-state index is 13.4. The van der Waals surface area contributed by atoms with Crippen molar-refractivity contribution >= 4 is 11.9 Å². The molecule has 2 rings (SSSR count). The number of hydrogen-bond acceptors (Lipinski definition) is 3. The molecule has 2 aromatic rings. The second kappa shape index (κ2) is 4.48. The Kier molecular flexibility index (Phi) is 2.99. The molecule has 0 aliphatic heterocycles. The molecule has 0 unspecified atom stereocenters. The fraction of sp³-hybridized carbons (Fsp3) is 0. The standard InChI is InChI=1S/C11H6F2N2O4/c12-5-1-4(2-6(13)9(5)11(18)19)7-3-8(10(16)17)15-14-7/h1-3H,(H,14,15)(H,16,17)(H,18,19). The van der Waals surface area contributed by atoms with Gasteiger partial charge in [0, 0.05) is 5.56 Å². The largest absolute Gasteiger partial charge is 0.477 e. The van der Waals surface area contributed by atoms with Crippen LogP contribution in [0.4, 0.5) is 8.78 Å². The quantitative estimate of drug-likeness (QED) is 0.786. The lowest BCUT2D eigenvalue weighted by Crippen LogP contribution is -2.04. The third-order valence-corrected chi connectivity index (χ3v) is 2.36. The maximum Gasteiger partial charge on any atom is 0.353 e. The number of aromatic nitrogens is 2. The zero-order valence-electron chi connectivity index (χ0n) is 9.15. The minimum absolute atomic E-state index is 0.00728. The average molecular weight is 268 g/mol. The monoisotopic (exact) mass is 268 g/mol. The van der Waals surface area contributed by atoms with Crippen molar-refractivity contribution in [1.29, 1.82) is 0 Å². The number of rotatable bonds is 3. The van der Waals surface area contributed by atoms with Crippen LogP contribution in [0.2, 0.25) is 0 Å². The molecule has 98 valence electrons. The van der Waals surface area contributed by atoms with Gasteiger partial charge in [0.1, 0.15) is 22.9 Å². The number of aromatic amines is 1. The first-order valence-corrected chi connectivity index (χ1v) is 4.91. The Balaban J connectivity index is 2.51. The van der Waals surface area contributed by atoms with Gasteiger partial charge in [-0.05, 0) is 18.2 Å². The van der Waals surface area contributed by atoms with Gasteiger partial charge in [-0.3, -0.25) is 5.10 Å². The van der Waals surface area contributed by atoms with Gasteiger partial charge in [-0.1, -0.05) is 0 Å². The van der Waals surface area contributed by atoms with Crippen LogP contribution in [0.15, 0.2) is 18.2 Å². The van der Waals surface area contributed by atoms with Gasteiger partial charge in [-0.2, -0.15) is 5.10 Å². The summed E-state index contributed by atoms with van der Waals surface area (Å²) >= 11 is 0. The van der Waals surface area contributed by atoms with Gasteiger partial charge in [-0.15, -0.1) is 0 Å². The van der Waals surface area contributed by atoms with E-state index in [2.05, 4.69) is 10.2 Å². The fourth-order valence-corrected chi connectivity index (χ4v) is 1.50. The molecule has 0 saturated heterocycles. The van der Waals surface area contributed by atoms with E-state index in [0.717, 1.165) is 18.2 Å². The summed E-state index contributed by atoms with van der Waals surface area (Å²) in [6.45, 7) is 0. The highest BCUT2D eigenvalue weighted by atomic mass is 19.1. The number of aromatic carboxylic acids is 2. The number of hydrogen-bond donors (Lipinski definition) is 3. The van der Waals surface area contributed by atoms with Crippen LogP contribution in [0.1, 0.15) is 20.8 Å². The number of carboxylic acid groups (broad SMARTS) is 2. The molecule has 0 saturated carbocycles. The van der Waals surface area contributed by atoms with Crippen molar-refractivity contribution < 1.29 is 28.6 Å². The zero-order chi connectivity index (χ0) is 14.2. The molecule has 3 N–H and O–H groups in total. The summed E-state index contributed by atoms with van der Waals surface area (Å²) in [5, 5.41) is 23.0. The lowest BCUT2D eigenvalue weighted by molar-refractivity contribution is 0.0677. The molecular formula is C11H6F2N2O4. The minimum atomic E-state index is -1.73. The molecule has 19 heavy (non-hydrogen) atoms. The Morgan fingerprint density at radius 1 is 1.05 bits per heavy atom. The molecule has 0 amide bonds. The molecule has 1 aromatic heterocycles.